The van der Waals surface area contributed by atoms with Gasteiger partial charge in [-0.1, -0.05) is 29.8 Å². The molecule has 1 rings (SSSR count). The third-order valence-electron chi connectivity index (χ3n) is 3.03. The Bertz CT molecular complexity index is 368. The maximum Gasteiger partial charge on any atom is 0.142 e. The van der Waals surface area contributed by atoms with Crippen molar-refractivity contribution in [2.45, 2.75) is 19.9 Å². The summed E-state index contributed by atoms with van der Waals surface area (Å²) in [6, 6.07) is 6.30. The van der Waals surface area contributed by atoms with Crippen molar-refractivity contribution in [3.05, 3.63) is 22.7 Å². The molecule has 4 heteroatoms. The molecule has 0 saturated heterocycles. The van der Waals surface area contributed by atoms with Crippen molar-refractivity contribution < 1.29 is 4.74 Å². The summed E-state index contributed by atoms with van der Waals surface area (Å²) in [5, 5.41) is 0. The Morgan fingerprint density at radius 1 is 1.41 bits per heavy atom. The lowest BCUT2D eigenvalue weighted by Gasteiger charge is -2.33. The van der Waals surface area contributed by atoms with Crippen LogP contribution in [-0.2, 0) is 0 Å². The molecule has 1 atom stereocenters. The Hall–Kier alpha value is -0.740. The van der Waals surface area contributed by atoms with Crippen molar-refractivity contribution in [3.8, 4) is 5.75 Å². The van der Waals surface area contributed by atoms with Crippen molar-refractivity contribution in [1.82, 2.24) is 0 Å². The number of likely N-dealkylation sites (N-methyl/N-ethyl adjacent to an activating group) is 1. The first kappa shape index (κ1) is 14.3. The molecular formula is C13H21BrN2O. The molecular weight excluding hydrogens is 280 g/mol. The summed E-state index contributed by atoms with van der Waals surface area (Å²) >= 11 is 3.49. The number of rotatable bonds is 5. The molecule has 0 radical (unpaired) electrons. The first-order valence-electron chi connectivity index (χ1n) is 5.77. The normalized spacial score (nSPS) is 12.6. The monoisotopic (exact) mass is 300 g/mol. The number of nitrogens with two attached hydrogens (primary N) is 1. The lowest BCUT2D eigenvalue weighted by Crippen LogP contribution is -2.42. The van der Waals surface area contributed by atoms with Gasteiger partial charge in [0, 0.05) is 24.1 Å². The fourth-order valence-corrected chi connectivity index (χ4v) is 2.34. The minimum absolute atomic E-state index is 0.304. The van der Waals surface area contributed by atoms with Gasteiger partial charge in [-0.25, -0.2) is 0 Å². The van der Waals surface area contributed by atoms with E-state index >= 15 is 0 Å². The molecule has 0 aliphatic carbocycles. The van der Waals surface area contributed by atoms with Gasteiger partial charge in [0.1, 0.15) is 5.75 Å². The molecule has 0 aromatic heterocycles. The summed E-state index contributed by atoms with van der Waals surface area (Å²) in [5.74, 6) is 1.36. The van der Waals surface area contributed by atoms with Crippen molar-refractivity contribution in [1.29, 1.82) is 0 Å². The molecule has 0 saturated carbocycles. The molecule has 0 aliphatic rings. The Labute approximate surface area is 112 Å². The van der Waals surface area contributed by atoms with Crippen LogP contribution in [0.15, 0.2) is 22.7 Å². The van der Waals surface area contributed by atoms with Gasteiger partial charge >= 0.3 is 0 Å². The Morgan fingerprint density at radius 2 is 2.06 bits per heavy atom. The third kappa shape index (κ3) is 3.36. The maximum absolute atomic E-state index is 5.85. The minimum Gasteiger partial charge on any atom is -0.495 e. The number of hydrogen-bond acceptors (Lipinski definition) is 3. The van der Waals surface area contributed by atoms with Crippen LogP contribution in [0.5, 0.6) is 5.75 Å². The second-order valence-corrected chi connectivity index (χ2v) is 5.39. The van der Waals surface area contributed by atoms with Gasteiger partial charge in [0.2, 0.25) is 0 Å². The van der Waals surface area contributed by atoms with Crippen molar-refractivity contribution >= 4 is 21.6 Å². The van der Waals surface area contributed by atoms with Crippen LogP contribution in [0.25, 0.3) is 0 Å². The number of methoxy groups -OCH3 is 1. The molecule has 2 N–H and O–H groups in total. The Kier molecular flexibility index (Phi) is 5.28. The van der Waals surface area contributed by atoms with E-state index in [1.807, 2.05) is 12.1 Å². The fraction of sp³-hybridized carbons (Fsp3) is 0.538. The molecule has 96 valence electrons. The zero-order chi connectivity index (χ0) is 13.0. The highest BCUT2D eigenvalue weighted by molar-refractivity contribution is 9.10. The van der Waals surface area contributed by atoms with Crippen LogP contribution in [0.2, 0.25) is 0 Å². The van der Waals surface area contributed by atoms with Crippen LogP contribution in [0, 0.1) is 5.92 Å². The minimum atomic E-state index is 0.304. The average molecular weight is 301 g/mol. The average Bonchev–Trinajstić information content (AvgIpc) is 2.29. The lowest BCUT2D eigenvalue weighted by molar-refractivity contribution is 0.409. The van der Waals surface area contributed by atoms with Crippen molar-refractivity contribution in [2.75, 3.05) is 25.6 Å². The van der Waals surface area contributed by atoms with Crippen molar-refractivity contribution in [3.63, 3.8) is 0 Å². The molecule has 17 heavy (non-hydrogen) atoms. The highest BCUT2D eigenvalue weighted by Gasteiger charge is 2.20. The highest BCUT2D eigenvalue weighted by atomic mass is 79.9. The van der Waals surface area contributed by atoms with Gasteiger partial charge in [-0.05, 0) is 24.1 Å². The van der Waals surface area contributed by atoms with Crippen LogP contribution in [0.4, 0.5) is 5.69 Å². The Morgan fingerprint density at radius 3 is 2.53 bits per heavy atom. The van der Waals surface area contributed by atoms with Gasteiger partial charge in [0.05, 0.1) is 12.8 Å². The van der Waals surface area contributed by atoms with Crippen LogP contribution in [0.3, 0.4) is 0 Å². The molecule has 1 aromatic rings. The van der Waals surface area contributed by atoms with Gasteiger partial charge in [-0.15, -0.1) is 0 Å². The topological polar surface area (TPSA) is 38.5 Å². The van der Waals surface area contributed by atoms with E-state index in [2.05, 4.69) is 47.8 Å². The van der Waals surface area contributed by atoms with Crippen LogP contribution in [0.1, 0.15) is 13.8 Å². The molecule has 0 amide bonds. The smallest absolute Gasteiger partial charge is 0.142 e. The van der Waals surface area contributed by atoms with Gasteiger partial charge in [-0.3, -0.25) is 0 Å². The van der Waals surface area contributed by atoms with E-state index in [-0.39, 0.29) is 0 Å². The van der Waals surface area contributed by atoms with Gasteiger partial charge in [-0.2, -0.15) is 0 Å². The number of ether oxygens (including phenoxy) is 1. The number of anilines is 1. The van der Waals surface area contributed by atoms with Gasteiger partial charge < -0.3 is 15.4 Å². The van der Waals surface area contributed by atoms with E-state index < -0.39 is 0 Å². The predicted octanol–water partition coefficient (Wildman–Crippen LogP) is 2.88. The van der Waals surface area contributed by atoms with Crippen LogP contribution in [-0.4, -0.2) is 26.7 Å². The summed E-state index contributed by atoms with van der Waals surface area (Å²) < 4.78 is 6.43. The summed E-state index contributed by atoms with van der Waals surface area (Å²) in [6.07, 6.45) is 0. The predicted molar refractivity (Wildman–Crippen MR) is 76.8 cm³/mol. The summed E-state index contributed by atoms with van der Waals surface area (Å²) in [6.45, 7) is 4.99. The first-order chi connectivity index (χ1) is 8.01. The number of nitrogens with zero attached hydrogens (tertiary/aromatic N) is 1. The molecule has 1 aromatic carbocycles. The molecule has 0 heterocycles. The van der Waals surface area contributed by atoms with Crippen LogP contribution >= 0.6 is 15.9 Å². The summed E-state index contributed by atoms with van der Waals surface area (Å²) in [4.78, 5) is 2.19. The van der Waals surface area contributed by atoms with Crippen LogP contribution < -0.4 is 15.4 Å². The summed E-state index contributed by atoms with van der Waals surface area (Å²) in [7, 11) is 3.75. The second kappa shape index (κ2) is 6.26. The van der Waals surface area contributed by atoms with E-state index in [0.29, 0.717) is 18.5 Å². The molecule has 0 spiro atoms. The lowest BCUT2D eigenvalue weighted by atomic mass is 10.0. The quantitative estimate of drug-likeness (QED) is 0.909. The van der Waals surface area contributed by atoms with Crippen molar-refractivity contribution in [2.24, 2.45) is 11.7 Å². The number of hydrogen-bond donors (Lipinski definition) is 1. The molecule has 0 fully saturated rings. The second-order valence-electron chi connectivity index (χ2n) is 4.47. The zero-order valence-corrected chi connectivity index (χ0v) is 12.5. The van der Waals surface area contributed by atoms with E-state index in [0.717, 1.165) is 15.9 Å². The maximum atomic E-state index is 5.85. The largest absolute Gasteiger partial charge is 0.495 e. The number of halogens is 1. The fourth-order valence-electron chi connectivity index (χ4n) is 1.99. The molecule has 3 nitrogen and oxygen atoms in total. The highest BCUT2D eigenvalue weighted by Crippen LogP contribution is 2.32. The van der Waals surface area contributed by atoms with Gasteiger partial charge in [0.25, 0.3) is 0 Å². The third-order valence-corrected chi connectivity index (χ3v) is 3.52. The first-order valence-corrected chi connectivity index (χ1v) is 6.57. The SMILES string of the molecule is COc1ccc(Br)cc1N(C)C(CN)C(C)C. The standard InChI is InChI=1S/C13H21BrN2O/c1-9(2)12(8-15)16(3)11-7-10(14)5-6-13(11)17-4/h5-7,9,12H,8,15H2,1-4H3. The van der Waals surface area contributed by atoms with E-state index in [4.69, 9.17) is 10.5 Å². The molecule has 0 aliphatic heterocycles. The van der Waals surface area contributed by atoms with E-state index in [9.17, 15) is 0 Å². The zero-order valence-electron chi connectivity index (χ0n) is 10.9. The van der Waals surface area contributed by atoms with Gasteiger partial charge in [0.15, 0.2) is 0 Å². The molecule has 0 bridgehead atoms. The summed E-state index contributed by atoms with van der Waals surface area (Å²) in [5.41, 5.74) is 6.91. The number of benzene rings is 1. The van der Waals surface area contributed by atoms with E-state index in [1.165, 1.54) is 0 Å². The molecule has 1 unspecified atom stereocenters. The Balaban J connectivity index is 3.08. The van der Waals surface area contributed by atoms with E-state index in [1.54, 1.807) is 7.11 Å².